The summed E-state index contributed by atoms with van der Waals surface area (Å²) in [5.74, 6) is -0.550. The molecule has 2 heterocycles. The predicted octanol–water partition coefficient (Wildman–Crippen LogP) is 0.959. The van der Waals surface area contributed by atoms with Crippen molar-refractivity contribution in [1.82, 2.24) is 4.90 Å². The molecule has 2 saturated heterocycles. The van der Waals surface area contributed by atoms with Gasteiger partial charge in [0.15, 0.2) is 0 Å². The Morgan fingerprint density at radius 1 is 1.33 bits per heavy atom. The van der Waals surface area contributed by atoms with Crippen molar-refractivity contribution in [1.29, 1.82) is 0 Å². The second-order valence-electron chi connectivity index (χ2n) is 4.94. The molecule has 1 N–H and O–H groups in total. The molecule has 2 aliphatic rings. The Hall–Kier alpha value is -0.610. The van der Waals surface area contributed by atoms with Crippen molar-refractivity contribution in [2.24, 2.45) is 5.92 Å². The van der Waals surface area contributed by atoms with Crippen LogP contribution in [-0.4, -0.2) is 47.3 Å². The number of fused-ring (bicyclic) bond motifs is 2. The molecule has 4 heteroatoms. The highest BCUT2D eigenvalue weighted by Crippen LogP contribution is 2.28. The topological polar surface area (TPSA) is 49.8 Å². The van der Waals surface area contributed by atoms with E-state index in [-0.39, 0.29) is 24.2 Å². The summed E-state index contributed by atoms with van der Waals surface area (Å²) in [6.45, 7) is 5.50. The second-order valence-corrected chi connectivity index (χ2v) is 4.94. The molecule has 0 aliphatic carbocycles. The van der Waals surface area contributed by atoms with Crippen LogP contribution in [0.5, 0.6) is 0 Å². The van der Waals surface area contributed by atoms with Crippen LogP contribution in [0.1, 0.15) is 26.7 Å². The van der Waals surface area contributed by atoms with Gasteiger partial charge in [-0.2, -0.15) is 0 Å². The summed E-state index contributed by atoms with van der Waals surface area (Å²) in [4.78, 5) is 13.3. The molecule has 4 nitrogen and oxygen atoms in total. The van der Waals surface area contributed by atoms with Crippen LogP contribution >= 0.6 is 0 Å². The fourth-order valence-electron chi connectivity index (χ4n) is 2.74. The Labute approximate surface area is 90.2 Å². The van der Waals surface area contributed by atoms with Crippen LogP contribution in [0.3, 0.4) is 0 Å². The molecule has 0 aromatic carbocycles. The van der Waals surface area contributed by atoms with Crippen molar-refractivity contribution in [3.63, 3.8) is 0 Å². The van der Waals surface area contributed by atoms with E-state index in [2.05, 4.69) is 4.90 Å². The molecule has 0 spiro atoms. The number of morpholine rings is 1. The average molecular weight is 213 g/mol. The molecule has 2 rings (SSSR count). The van der Waals surface area contributed by atoms with Crippen LogP contribution in [0.15, 0.2) is 0 Å². The first-order valence-electron chi connectivity index (χ1n) is 5.70. The molecule has 0 aromatic heterocycles. The van der Waals surface area contributed by atoms with Crippen molar-refractivity contribution in [2.45, 2.75) is 44.9 Å². The molecule has 0 radical (unpaired) electrons. The van der Waals surface area contributed by atoms with Gasteiger partial charge in [0, 0.05) is 13.1 Å². The van der Waals surface area contributed by atoms with Crippen molar-refractivity contribution in [3.05, 3.63) is 0 Å². The van der Waals surface area contributed by atoms with Gasteiger partial charge in [-0.25, -0.2) is 0 Å². The molecule has 0 aromatic rings. The monoisotopic (exact) mass is 213 g/mol. The molecular weight excluding hydrogens is 194 g/mol. The summed E-state index contributed by atoms with van der Waals surface area (Å²) in [5.41, 5.74) is 0. The largest absolute Gasteiger partial charge is 0.480 e. The quantitative estimate of drug-likeness (QED) is 0.758. The summed E-state index contributed by atoms with van der Waals surface area (Å²) in [6, 6.07) is -0.350. The first-order valence-corrected chi connectivity index (χ1v) is 5.70. The average Bonchev–Trinajstić information content (AvgIpc) is 2.44. The zero-order valence-electron chi connectivity index (χ0n) is 9.35. The van der Waals surface area contributed by atoms with Crippen LogP contribution in [-0.2, 0) is 9.53 Å². The number of hydrogen-bond donors (Lipinski definition) is 1. The number of nitrogens with zero attached hydrogens (tertiary/aromatic N) is 1. The highest BCUT2D eigenvalue weighted by Gasteiger charge is 2.39. The molecule has 2 bridgehead atoms. The van der Waals surface area contributed by atoms with Gasteiger partial charge in [-0.15, -0.1) is 0 Å². The number of hydrogen-bond acceptors (Lipinski definition) is 3. The molecule has 3 unspecified atom stereocenters. The zero-order chi connectivity index (χ0) is 11.0. The molecule has 2 aliphatic heterocycles. The number of aliphatic carboxylic acids is 1. The lowest BCUT2D eigenvalue weighted by atomic mass is 10.0. The Morgan fingerprint density at radius 2 is 1.87 bits per heavy atom. The number of ether oxygens (including phenoxy) is 1. The third-order valence-corrected chi connectivity index (χ3v) is 3.35. The second kappa shape index (κ2) is 4.10. The molecule has 15 heavy (non-hydrogen) atoms. The SMILES string of the molecule is CC(C)C(C(=O)O)N1CC2CCC(C1)O2. The minimum Gasteiger partial charge on any atom is -0.480 e. The number of likely N-dealkylation sites (tertiary alicyclic amines) is 1. The Morgan fingerprint density at radius 3 is 2.27 bits per heavy atom. The van der Waals surface area contributed by atoms with E-state index in [0.717, 1.165) is 25.9 Å². The first kappa shape index (κ1) is 10.9. The maximum atomic E-state index is 11.2. The van der Waals surface area contributed by atoms with Gasteiger partial charge in [-0.05, 0) is 18.8 Å². The Kier molecular flexibility index (Phi) is 2.98. The molecular formula is C11H19NO3. The Balaban J connectivity index is 2.05. The fourth-order valence-corrected chi connectivity index (χ4v) is 2.74. The van der Waals surface area contributed by atoms with Crippen LogP contribution < -0.4 is 0 Å². The maximum absolute atomic E-state index is 11.2. The third-order valence-electron chi connectivity index (χ3n) is 3.35. The van der Waals surface area contributed by atoms with Gasteiger partial charge in [0.2, 0.25) is 0 Å². The highest BCUT2D eigenvalue weighted by atomic mass is 16.5. The van der Waals surface area contributed by atoms with Crippen LogP contribution in [0.25, 0.3) is 0 Å². The van der Waals surface area contributed by atoms with Gasteiger partial charge in [0.1, 0.15) is 6.04 Å². The fraction of sp³-hybridized carbons (Fsp3) is 0.909. The summed E-state index contributed by atoms with van der Waals surface area (Å²) in [7, 11) is 0. The van der Waals surface area contributed by atoms with Crippen LogP contribution in [0.4, 0.5) is 0 Å². The summed E-state index contributed by atoms with van der Waals surface area (Å²) >= 11 is 0. The van der Waals surface area contributed by atoms with E-state index in [9.17, 15) is 9.90 Å². The van der Waals surface area contributed by atoms with Crippen molar-refractivity contribution < 1.29 is 14.6 Å². The third kappa shape index (κ3) is 2.16. The standard InChI is InChI=1S/C11H19NO3/c1-7(2)10(11(13)14)12-5-8-3-4-9(6-12)15-8/h7-10H,3-6H2,1-2H3,(H,13,14). The lowest BCUT2D eigenvalue weighted by Crippen LogP contribution is -2.52. The minimum absolute atomic E-state index is 0.153. The van der Waals surface area contributed by atoms with Gasteiger partial charge in [-0.3, -0.25) is 9.69 Å². The maximum Gasteiger partial charge on any atom is 0.321 e. The molecule has 0 amide bonds. The van der Waals surface area contributed by atoms with Gasteiger partial charge in [-0.1, -0.05) is 13.8 Å². The molecule has 86 valence electrons. The van der Waals surface area contributed by atoms with Crippen LogP contribution in [0, 0.1) is 5.92 Å². The van der Waals surface area contributed by atoms with E-state index in [0.29, 0.717) is 0 Å². The van der Waals surface area contributed by atoms with Gasteiger partial charge >= 0.3 is 5.97 Å². The number of carboxylic acids is 1. The van der Waals surface area contributed by atoms with Crippen molar-refractivity contribution in [2.75, 3.05) is 13.1 Å². The van der Waals surface area contributed by atoms with E-state index in [1.54, 1.807) is 0 Å². The number of rotatable bonds is 3. The van der Waals surface area contributed by atoms with E-state index >= 15 is 0 Å². The van der Waals surface area contributed by atoms with E-state index in [1.165, 1.54) is 0 Å². The van der Waals surface area contributed by atoms with Gasteiger partial charge in [0.25, 0.3) is 0 Å². The smallest absolute Gasteiger partial charge is 0.321 e. The highest BCUT2D eigenvalue weighted by molar-refractivity contribution is 5.73. The normalized spacial score (nSPS) is 33.3. The van der Waals surface area contributed by atoms with Gasteiger partial charge < -0.3 is 9.84 Å². The van der Waals surface area contributed by atoms with Crippen molar-refractivity contribution >= 4 is 5.97 Å². The van der Waals surface area contributed by atoms with Crippen LogP contribution in [0.2, 0.25) is 0 Å². The predicted molar refractivity (Wildman–Crippen MR) is 55.7 cm³/mol. The minimum atomic E-state index is -0.703. The molecule has 3 atom stereocenters. The number of carboxylic acid groups (broad SMARTS) is 1. The van der Waals surface area contributed by atoms with E-state index < -0.39 is 5.97 Å². The van der Waals surface area contributed by atoms with Gasteiger partial charge in [0.05, 0.1) is 12.2 Å². The lowest BCUT2D eigenvalue weighted by Gasteiger charge is -2.37. The number of carbonyl (C=O) groups is 1. The summed E-state index contributed by atoms with van der Waals surface area (Å²) in [6.07, 6.45) is 2.71. The zero-order valence-corrected chi connectivity index (χ0v) is 9.35. The molecule has 2 fully saturated rings. The Bertz CT molecular complexity index is 242. The first-order chi connectivity index (χ1) is 7.08. The molecule has 0 saturated carbocycles. The summed E-state index contributed by atoms with van der Waals surface area (Å²) < 4.78 is 5.70. The van der Waals surface area contributed by atoms with E-state index in [4.69, 9.17) is 4.74 Å². The van der Waals surface area contributed by atoms with E-state index in [1.807, 2.05) is 13.8 Å². The summed E-state index contributed by atoms with van der Waals surface area (Å²) in [5, 5.41) is 9.21. The van der Waals surface area contributed by atoms with Crippen molar-refractivity contribution in [3.8, 4) is 0 Å². The lowest BCUT2D eigenvalue weighted by molar-refractivity contribution is -0.149.